The normalized spacial score (nSPS) is 10.7. The van der Waals surface area contributed by atoms with Crippen LogP contribution in [0.1, 0.15) is 20.3 Å². The van der Waals surface area contributed by atoms with Gasteiger partial charge in [0, 0.05) is 6.04 Å². The zero-order valence-corrected chi connectivity index (χ0v) is 6.31. The second-order valence-corrected chi connectivity index (χ2v) is 1.39. The van der Waals surface area contributed by atoms with Crippen LogP contribution in [0, 0.1) is 0 Å². The maximum atomic E-state index is 5.29. The van der Waals surface area contributed by atoms with Gasteiger partial charge in [-0.25, -0.2) is 0 Å². The van der Waals surface area contributed by atoms with Crippen LogP contribution in [0.15, 0.2) is 0 Å². The van der Waals surface area contributed by atoms with Gasteiger partial charge in [-0.15, -0.1) is 24.8 Å². The van der Waals surface area contributed by atoms with Crippen molar-refractivity contribution in [2.75, 3.05) is 0 Å². The summed E-state index contributed by atoms with van der Waals surface area (Å²) in [5.41, 5.74) is 5.29. The van der Waals surface area contributed by atoms with E-state index in [0.29, 0.717) is 6.04 Å². The summed E-state index contributed by atoms with van der Waals surface area (Å²) in [6.45, 7) is 4.07. The van der Waals surface area contributed by atoms with Gasteiger partial charge in [0.25, 0.3) is 0 Å². The Hall–Kier alpha value is 0.540. The van der Waals surface area contributed by atoms with Crippen LogP contribution in [-0.2, 0) is 0 Å². The molecule has 7 heavy (non-hydrogen) atoms. The lowest BCUT2D eigenvalue weighted by molar-refractivity contribution is 0.715. The SMILES string of the molecule is CCC(C)N.Cl.Cl. The van der Waals surface area contributed by atoms with E-state index in [4.69, 9.17) is 5.73 Å². The number of halogens is 2. The summed E-state index contributed by atoms with van der Waals surface area (Å²) in [5.74, 6) is 0. The van der Waals surface area contributed by atoms with E-state index < -0.39 is 0 Å². The molecule has 0 heterocycles. The predicted octanol–water partition coefficient (Wildman–Crippen LogP) is 1.59. The van der Waals surface area contributed by atoms with Crippen LogP contribution in [0.2, 0.25) is 0 Å². The first-order valence-corrected chi connectivity index (χ1v) is 2.03. The first-order chi connectivity index (χ1) is 2.27. The third-order valence-electron chi connectivity index (χ3n) is 0.644. The fourth-order valence-electron chi connectivity index (χ4n) is 0. The van der Waals surface area contributed by atoms with Gasteiger partial charge in [0.1, 0.15) is 0 Å². The van der Waals surface area contributed by atoms with E-state index in [2.05, 4.69) is 6.92 Å². The third-order valence-corrected chi connectivity index (χ3v) is 0.644. The molecule has 0 spiro atoms. The molecule has 0 saturated carbocycles. The average Bonchev–Trinajstić information content (AvgIpc) is 1.38. The Morgan fingerprint density at radius 3 is 1.57 bits per heavy atom. The molecule has 1 nitrogen and oxygen atoms in total. The molecule has 0 radical (unpaired) electrons. The van der Waals surface area contributed by atoms with Crippen LogP contribution >= 0.6 is 24.8 Å². The van der Waals surface area contributed by atoms with Crippen LogP contribution in [-0.4, -0.2) is 6.04 Å². The molecule has 1 atom stereocenters. The van der Waals surface area contributed by atoms with Crippen molar-refractivity contribution in [3.05, 3.63) is 0 Å². The third kappa shape index (κ3) is 20.9. The van der Waals surface area contributed by atoms with E-state index in [-0.39, 0.29) is 24.8 Å². The van der Waals surface area contributed by atoms with Crippen LogP contribution in [0.3, 0.4) is 0 Å². The van der Waals surface area contributed by atoms with Crippen molar-refractivity contribution in [3.8, 4) is 0 Å². The Kier molecular flexibility index (Phi) is 21.8. The highest BCUT2D eigenvalue weighted by Crippen LogP contribution is 1.77. The van der Waals surface area contributed by atoms with Crippen LogP contribution in [0.4, 0.5) is 0 Å². The van der Waals surface area contributed by atoms with Gasteiger partial charge < -0.3 is 5.73 Å². The zero-order valence-electron chi connectivity index (χ0n) is 4.68. The molecule has 2 N–H and O–H groups in total. The van der Waals surface area contributed by atoms with E-state index in [1.165, 1.54) is 0 Å². The van der Waals surface area contributed by atoms with Gasteiger partial charge >= 0.3 is 0 Å². The predicted molar refractivity (Wildman–Crippen MR) is 38.4 cm³/mol. The van der Waals surface area contributed by atoms with Gasteiger partial charge in [0.2, 0.25) is 0 Å². The minimum atomic E-state index is 0. The quantitative estimate of drug-likeness (QED) is 0.597. The second-order valence-electron chi connectivity index (χ2n) is 1.39. The molecule has 48 valence electrons. The lowest BCUT2D eigenvalue weighted by Crippen LogP contribution is -2.11. The summed E-state index contributed by atoms with van der Waals surface area (Å²) in [4.78, 5) is 0. The molecule has 0 amide bonds. The Bertz CT molecular complexity index is 23.7. The van der Waals surface area contributed by atoms with Crippen LogP contribution in [0.5, 0.6) is 0 Å². The summed E-state index contributed by atoms with van der Waals surface area (Å²) in [6, 6.07) is 0.384. The van der Waals surface area contributed by atoms with Crippen molar-refractivity contribution in [1.82, 2.24) is 0 Å². The summed E-state index contributed by atoms with van der Waals surface area (Å²) in [5, 5.41) is 0. The van der Waals surface area contributed by atoms with E-state index in [9.17, 15) is 0 Å². The minimum Gasteiger partial charge on any atom is -0.328 e. The molecule has 0 fully saturated rings. The first kappa shape index (κ1) is 15.6. The molecule has 3 heteroatoms. The number of hydrogen-bond donors (Lipinski definition) is 1. The molecular weight excluding hydrogens is 133 g/mol. The fraction of sp³-hybridized carbons (Fsp3) is 1.00. The Balaban J connectivity index is -0.0000000800. The maximum Gasteiger partial charge on any atom is 0.000781 e. The molecule has 0 aromatic heterocycles. The van der Waals surface area contributed by atoms with Crippen molar-refractivity contribution < 1.29 is 0 Å². The van der Waals surface area contributed by atoms with Gasteiger partial charge in [-0.3, -0.25) is 0 Å². The molecule has 0 aliphatic heterocycles. The van der Waals surface area contributed by atoms with E-state index >= 15 is 0 Å². The van der Waals surface area contributed by atoms with Crippen molar-refractivity contribution >= 4 is 24.8 Å². The lowest BCUT2D eigenvalue weighted by Gasteiger charge is -1.91. The highest BCUT2D eigenvalue weighted by Gasteiger charge is 1.79. The maximum absolute atomic E-state index is 5.29. The smallest absolute Gasteiger partial charge is 0.000781 e. The minimum absolute atomic E-state index is 0. The second kappa shape index (κ2) is 9.74. The number of rotatable bonds is 1. The summed E-state index contributed by atoms with van der Waals surface area (Å²) < 4.78 is 0. The van der Waals surface area contributed by atoms with Crippen molar-refractivity contribution in [2.45, 2.75) is 26.3 Å². The molecule has 0 bridgehead atoms. The molecule has 0 aromatic carbocycles. The Morgan fingerprint density at radius 2 is 1.57 bits per heavy atom. The fourth-order valence-corrected chi connectivity index (χ4v) is 0. The highest BCUT2D eigenvalue weighted by atomic mass is 35.5. The van der Waals surface area contributed by atoms with Gasteiger partial charge in [0.05, 0.1) is 0 Å². The van der Waals surface area contributed by atoms with E-state index in [0.717, 1.165) is 6.42 Å². The Morgan fingerprint density at radius 1 is 1.43 bits per heavy atom. The highest BCUT2D eigenvalue weighted by molar-refractivity contribution is 5.85. The average molecular weight is 146 g/mol. The van der Waals surface area contributed by atoms with Gasteiger partial charge in [-0.05, 0) is 13.3 Å². The standard InChI is InChI=1S/C4H11N.2ClH/c1-3-4(2)5;;/h4H,3,5H2,1-2H3;2*1H. The summed E-state index contributed by atoms with van der Waals surface area (Å²) >= 11 is 0. The van der Waals surface area contributed by atoms with Crippen molar-refractivity contribution in [2.24, 2.45) is 5.73 Å². The largest absolute Gasteiger partial charge is 0.328 e. The van der Waals surface area contributed by atoms with E-state index in [1.807, 2.05) is 6.92 Å². The van der Waals surface area contributed by atoms with Crippen molar-refractivity contribution in [3.63, 3.8) is 0 Å². The summed E-state index contributed by atoms with van der Waals surface area (Å²) in [6.07, 6.45) is 1.08. The van der Waals surface area contributed by atoms with Gasteiger partial charge in [0.15, 0.2) is 0 Å². The monoisotopic (exact) mass is 145 g/mol. The molecule has 0 aliphatic rings. The van der Waals surface area contributed by atoms with E-state index in [1.54, 1.807) is 0 Å². The zero-order chi connectivity index (χ0) is 4.28. The molecular formula is C4H13Cl2N. The molecule has 0 aromatic rings. The molecule has 0 saturated heterocycles. The van der Waals surface area contributed by atoms with Gasteiger partial charge in [-0.2, -0.15) is 0 Å². The van der Waals surface area contributed by atoms with Crippen LogP contribution in [0.25, 0.3) is 0 Å². The molecule has 0 aliphatic carbocycles. The van der Waals surface area contributed by atoms with Crippen molar-refractivity contribution in [1.29, 1.82) is 0 Å². The van der Waals surface area contributed by atoms with Crippen LogP contribution < -0.4 is 5.73 Å². The first-order valence-electron chi connectivity index (χ1n) is 2.03. The number of nitrogens with two attached hydrogens (primary N) is 1. The molecule has 0 rings (SSSR count). The topological polar surface area (TPSA) is 26.0 Å². The summed E-state index contributed by atoms with van der Waals surface area (Å²) in [7, 11) is 0. The lowest BCUT2D eigenvalue weighted by atomic mass is 10.3. The van der Waals surface area contributed by atoms with Gasteiger partial charge in [-0.1, -0.05) is 6.92 Å². The Labute approximate surface area is 57.5 Å². The number of hydrogen-bond acceptors (Lipinski definition) is 1. The molecule has 1 unspecified atom stereocenters.